The maximum absolute atomic E-state index is 11.6. The number of nitrogens with zero attached hydrogens (tertiary/aromatic N) is 5. The SMILES string of the molecule is CC(Oc1nc(-c2cnn(C3CCCCC3)c2)cc2nn(C)cc12)C1CNC(=O)C1. The first kappa shape index (κ1) is 19.1. The van der Waals surface area contributed by atoms with Crippen LogP contribution in [0.3, 0.4) is 0 Å². The Morgan fingerprint density at radius 3 is 2.83 bits per heavy atom. The van der Waals surface area contributed by atoms with Crippen molar-refractivity contribution in [2.75, 3.05) is 6.54 Å². The second kappa shape index (κ2) is 7.74. The molecule has 1 aliphatic carbocycles. The quantitative estimate of drug-likeness (QED) is 0.700. The summed E-state index contributed by atoms with van der Waals surface area (Å²) in [5, 5.41) is 13.0. The maximum atomic E-state index is 11.6. The Morgan fingerprint density at radius 1 is 1.23 bits per heavy atom. The molecule has 0 bridgehead atoms. The van der Waals surface area contributed by atoms with Gasteiger partial charge in [0, 0.05) is 43.9 Å². The van der Waals surface area contributed by atoms with Gasteiger partial charge in [0.05, 0.1) is 28.8 Å². The van der Waals surface area contributed by atoms with Gasteiger partial charge in [0.25, 0.3) is 0 Å². The van der Waals surface area contributed by atoms with E-state index >= 15 is 0 Å². The van der Waals surface area contributed by atoms with E-state index in [4.69, 9.17) is 9.72 Å². The Labute approximate surface area is 175 Å². The van der Waals surface area contributed by atoms with Crippen LogP contribution in [0.1, 0.15) is 51.5 Å². The van der Waals surface area contributed by atoms with Crippen molar-refractivity contribution < 1.29 is 9.53 Å². The molecule has 1 amide bonds. The first-order valence-corrected chi connectivity index (χ1v) is 10.9. The van der Waals surface area contributed by atoms with Gasteiger partial charge >= 0.3 is 0 Å². The van der Waals surface area contributed by atoms with E-state index in [1.54, 1.807) is 4.68 Å². The Bertz CT molecular complexity index is 1060. The second-order valence-electron chi connectivity index (χ2n) is 8.64. The van der Waals surface area contributed by atoms with E-state index in [1.807, 2.05) is 32.4 Å². The number of carbonyl (C=O) groups is 1. The molecule has 0 aromatic carbocycles. The van der Waals surface area contributed by atoms with E-state index in [0.29, 0.717) is 24.9 Å². The average Bonchev–Trinajstić information content (AvgIpc) is 3.47. The summed E-state index contributed by atoms with van der Waals surface area (Å²) in [6.07, 6.45) is 12.5. The van der Waals surface area contributed by atoms with Crippen molar-refractivity contribution in [2.45, 2.75) is 57.6 Å². The molecule has 3 aromatic rings. The van der Waals surface area contributed by atoms with Crippen LogP contribution in [0.2, 0.25) is 0 Å². The van der Waals surface area contributed by atoms with Crippen molar-refractivity contribution in [2.24, 2.45) is 13.0 Å². The van der Waals surface area contributed by atoms with Crippen LogP contribution >= 0.6 is 0 Å². The minimum atomic E-state index is -0.125. The highest BCUT2D eigenvalue weighted by atomic mass is 16.5. The van der Waals surface area contributed by atoms with E-state index in [0.717, 1.165) is 22.2 Å². The Balaban J connectivity index is 1.46. The highest BCUT2D eigenvalue weighted by Gasteiger charge is 2.29. The van der Waals surface area contributed by atoms with Gasteiger partial charge in [-0.1, -0.05) is 19.3 Å². The summed E-state index contributed by atoms with van der Waals surface area (Å²) in [5.41, 5.74) is 2.63. The van der Waals surface area contributed by atoms with Crippen LogP contribution in [0.25, 0.3) is 22.2 Å². The van der Waals surface area contributed by atoms with Gasteiger partial charge in [0.15, 0.2) is 0 Å². The monoisotopic (exact) mass is 408 g/mol. The van der Waals surface area contributed by atoms with Gasteiger partial charge < -0.3 is 10.1 Å². The van der Waals surface area contributed by atoms with Crippen LogP contribution in [0.4, 0.5) is 0 Å². The zero-order valence-electron chi connectivity index (χ0n) is 17.5. The number of amides is 1. The van der Waals surface area contributed by atoms with E-state index < -0.39 is 0 Å². The number of nitrogens with one attached hydrogen (secondary N) is 1. The normalized spacial score (nSPS) is 21.1. The fraction of sp³-hybridized carbons (Fsp3) is 0.545. The Hall–Kier alpha value is -2.90. The van der Waals surface area contributed by atoms with E-state index in [-0.39, 0.29) is 17.9 Å². The van der Waals surface area contributed by atoms with Crippen molar-refractivity contribution in [3.8, 4) is 17.1 Å². The molecule has 158 valence electrons. The third kappa shape index (κ3) is 3.66. The van der Waals surface area contributed by atoms with Gasteiger partial charge in [-0.05, 0) is 25.8 Å². The van der Waals surface area contributed by atoms with E-state index in [2.05, 4.69) is 26.4 Å². The predicted molar refractivity (Wildman–Crippen MR) is 113 cm³/mol. The summed E-state index contributed by atoms with van der Waals surface area (Å²) in [6.45, 7) is 2.65. The topological polar surface area (TPSA) is 86.9 Å². The fourth-order valence-electron chi connectivity index (χ4n) is 4.59. The van der Waals surface area contributed by atoms with Crippen LogP contribution in [-0.2, 0) is 11.8 Å². The molecule has 1 saturated heterocycles. The molecule has 1 aliphatic heterocycles. The molecule has 0 spiro atoms. The third-order valence-electron chi connectivity index (χ3n) is 6.40. The second-order valence-corrected chi connectivity index (χ2v) is 8.64. The number of aromatic nitrogens is 5. The molecule has 8 heteroatoms. The van der Waals surface area contributed by atoms with Crippen LogP contribution < -0.4 is 10.1 Å². The number of hydrogen-bond donors (Lipinski definition) is 1. The Morgan fingerprint density at radius 2 is 2.07 bits per heavy atom. The number of pyridine rings is 1. The third-order valence-corrected chi connectivity index (χ3v) is 6.40. The molecule has 3 aromatic heterocycles. The summed E-state index contributed by atoms with van der Waals surface area (Å²) < 4.78 is 10.1. The number of aryl methyl sites for hydroxylation is 1. The van der Waals surface area contributed by atoms with Gasteiger partial charge in [-0.25, -0.2) is 4.98 Å². The van der Waals surface area contributed by atoms with Crippen LogP contribution in [0.5, 0.6) is 5.88 Å². The molecule has 1 N–H and O–H groups in total. The summed E-state index contributed by atoms with van der Waals surface area (Å²) in [5.74, 6) is 0.787. The lowest BCUT2D eigenvalue weighted by atomic mass is 9.96. The number of ether oxygens (including phenoxy) is 1. The fourth-order valence-corrected chi connectivity index (χ4v) is 4.59. The lowest BCUT2D eigenvalue weighted by molar-refractivity contribution is -0.119. The van der Waals surface area contributed by atoms with E-state index in [9.17, 15) is 4.79 Å². The largest absolute Gasteiger partial charge is 0.474 e. The van der Waals surface area contributed by atoms with E-state index in [1.165, 1.54) is 32.1 Å². The lowest BCUT2D eigenvalue weighted by Gasteiger charge is -2.21. The molecule has 2 fully saturated rings. The predicted octanol–water partition coefficient (Wildman–Crippen LogP) is 3.24. The standard InChI is InChI=1S/C22H28N6O2/c1-14(15-8-21(29)23-10-15)30-22-18-13-27(2)26-20(18)9-19(25-22)16-11-24-28(12-16)17-6-4-3-5-7-17/h9,11-15,17H,3-8,10H2,1-2H3,(H,23,29). The van der Waals surface area contributed by atoms with Gasteiger partial charge in [0.2, 0.25) is 11.8 Å². The van der Waals surface area contributed by atoms with Gasteiger partial charge in [-0.3, -0.25) is 14.2 Å². The van der Waals surface area contributed by atoms with Crippen molar-refractivity contribution >= 4 is 16.8 Å². The molecule has 2 atom stereocenters. The number of rotatable bonds is 5. The molecule has 2 aliphatic rings. The first-order valence-electron chi connectivity index (χ1n) is 10.9. The van der Waals surface area contributed by atoms with Crippen molar-refractivity contribution in [1.29, 1.82) is 0 Å². The molecule has 2 unspecified atom stereocenters. The highest BCUT2D eigenvalue weighted by molar-refractivity contribution is 5.86. The van der Waals surface area contributed by atoms with Crippen molar-refractivity contribution in [3.05, 3.63) is 24.7 Å². The molecular formula is C22H28N6O2. The van der Waals surface area contributed by atoms with Crippen LogP contribution in [-0.4, -0.2) is 43.1 Å². The number of fused-ring (bicyclic) bond motifs is 1. The number of carbonyl (C=O) groups excluding carboxylic acids is 1. The van der Waals surface area contributed by atoms with Gasteiger partial charge in [0.1, 0.15) is 6.10 Å². The summed E-state index contributed by atoms with van der Waals surface area (Å²) >= 11 is 0. The van der Waals surface area contributed by atoms with Crippen LogP contribution in [0, 0.1) is 5.92 Å². The molecule has 8 nitrogen and oxygen atoms in total. The van der Waals surface area contributed by atoms with Crippen molar-refractivity contribution in [3.63, 3.8) is 0 Å². The molecule has 30 heavy (non-hydrogen) atoms. The smallest absolute Gasteiger partial charge is 0.225 e. The number of hydrogen-bond acceptors (Lipinski definition) is 5. The average molecular weight is 409 g/mol. The highest BCUT2D eigenvalue weighted by Crippen LogP contribution is 2.32. The minimum Gasteiger partial charge on any atom is -0.474 e. The first-order chi connectivity index (χ1) is 14.6. The lowest BCUT2D eigenvalue weighted by Crippen LogP contribution is -2.26. The zero-order valence-corrected chi connectivity index (χ0v) is 17.5. The van der Waals surface area contributed by atoms with Gasteiger partial charge in [-0.15, -0.1) is 0 Å². The molecule has 1 saturated carbocycles. The molecular weight excluding hydrogens is 380 g/mol. The minimum absolute atomic E-state index is 0.0822. The zero-order chi connectivity index (χ0) is 20.7. The summed E-state index contributed by atoms with van der Waals surface area (Å²) in [7, 11) is 1.90. The summed E-state index contributed by atoms with van der Waals surface area (Å²) in [6, 6.07) is 2.48. The van der Waals surface area contributed by atoms with Gasteiger partial charge in [-0.2, -0.15) is 10.2 Å². The Kier molecular flexibility index (Phi) is 4.92. The summed E-state index contributed by atoms with van der Waals surface area (Å²) in [4.78, 5) is 16.4. The van der Waals surface area contributed by atoms with Crippen LogP contribution in [0.15, 0.2) is 24.7 Å². The molecule has 0 radical (unpaired) electrons. The van der Waals surface area contributed by atoms with Crippen molar-refractivity contribution in [1.82, 2.24) is 29.9 Å². The molecule has 4 heterocycles. The maximum Gasteiger partial charge on any atom is 0.225 e. The molecule has 5 rings (SSSR count).